The quantitative estimate of drug-likeness (QED) is 0.797. The van der Waals surface area contributed by atoms with Gasteiger partial charge in [-0.25, -0.2) is 8.78 Å². The van der Waals surface area contributed by atoms with Crippen molar-refractivity contribution in [3.63, 3.8) is 0 Å². The van der Waals surface area contributed by atoms with E-state index in [4.69, 9.17) is 4.74 Å². The molecule has 0 spiro atoms. The Bertz CT molecular complexity index is 729. The number of amides is 2. The minimum Gasteiger partial charge on any atom is -0.452 e. The van der Waals surface area contributed by atoms with Crippen LogP contribution in [0.2, 0.25) is 0 Å². The second kappa shape index (κ2) is 8.02. The van der Waals surface area contributed by atoms with Crippen molar-refractivity contribution in [3.05, 3.63) is 29.8 Å². The molecule has 0 unspecified atom stereocenters. The number of nitrogens with one attached hydrogen (secondary N) is 1. The molecule has 2 fully saturated rings. The average Bonchev–Trinajstić information content (AvgIpc) is 3.27. The Hall–Kier alpha value is -2.51. The first-order valence-corrected chi connectivity index (χ1v) is 9.11. The maximum Gasteiger partial charge on any atom is 0.312 e. The summed E-state index contributed by atoms with van der Waals surface area (Å²) < 4.78 is 32.4. The van der Waals surface area contributed by atoms with Crippen LogP contribution in [0.3, 0.4) is 0 Å². The number of ether oxygens (including phenoxy) is 1. The first kappa shape index (κ1) is 19.3. The minimum absolute atomic E-state index is 0.0611. The van der Waals surface area contributed by atoms with Crippen LogP contribution in [0.15, 0.2) is 18.2 Å². The van der Waals surface area contributed by atoms with E-state index >= 15 is 0 Å². The van der Waals surface area contributed by atoms with Crippen molar-refractivity contribution >= 4 is 23.5 Å². The third-order valence-corrected chi connectivity index (χ3v) is 5.13. The predicted molar refractivity (Wildman–Crippen MR) is 92.6 cm³/mol. The predicted octanol–water partition coefficient (Wildman–Crippen LogP) is 2.63. The molecular formula is C19H22F2N2O4. The number of carbonyl (C=O) groups is 3. The van der Waals surface area contributed by atoms with Crippen LogP contribution in [0.4, 0.5) is 14.5 Å². The first-order valence-electron chi connectivity index (χ1n) is 9.11. The third kappa shape index (κ3) is 4.26. The summed E-state index contributed by atoms with van der Waals surface area (Å²) in [4.78, 5) is 38.3. The smallest absolute Gasteiger partial charge is 0.312 e. The van der Waals surface area contributed by atoms with E-state index in [1.54, 1.807) is 4.90 Å². The van der Waals surface area contributed by atoms with Gasteiger partial charge in [0, 0.05) is 19.0 Å². The largest absolute Gasteiger partial charge is 0.452 e. The number of nitrogens with zero attached hydrogens (tertiary/aromatic N) is 1. The zero-order chi connectivity index (χ0) is 19.6. The van der Waals surface area contributed by atoms with Crippen LogP contribution >= 0.6 is 0 Å². The Morgan fingerprint density at radius 1 is 1.22 bits per heavy atom. The van der Waals surface area contributed by atoms with Crippen molar-refractivity contribution < 1.29 is 27.9 Å². The third-order valence-electron chi connectivity index (χ3n) is 5.13. The van der Waals surface area contributed by atoms with Crippen molar-refractivity contribution in [2.75, 3.05) is 11.9 Å². The number of halogens is 2. The molecule has 0 radical (unpaired) electrons. The maximum atomic E-state index is 13.6. The van der Waals surface area contributed by atoms with E-state index < -0.39 is 41.2 Å². The summed E-state index contributed by atoms with van der Waals surface area (Å²) in [5.74, 6) is -4.04. The molecule has 2 amide bonds. The highest BCUT2D eigenvalue weighted by Gasteiger charge is 2.40. The number of hydrogen-bond donors (Lipinski definition) is 1. The lowest BCUT2D eigenvalue weighted by Gasteiger charge is -2.24. The topological polar surface area (TPSA) is 75.7 Å². The van der Waals surface area contributed by atoms with Gasteiger partial charge in [0.2, 0.25) is 5.91 Å². The summed E-state index contributed by atoms with van der Waals surface area (Å²) in [6.07, 6.45) is 2.86. The Kier molecular flexibility index (Phi) is 5.72. The molecule has 1 saturated carbocycles. The lowest BCUT2D eigenvalue weighted by molar-refractivity contribution is -0.157. The fourth-order valence-electron chi connectivity index (χ4n) is 3.62. The standard InChI is InChI=1S/C19H22F2N2O4/c1-11(18(25)22-17-14(20)7-4-8-15(17)21)27-19(26)12-9-16(24)23(10-12)13-5-2-3-6-13/h4,7-8,11-13H,2-3,5-6,9-10H2,1H3,(H,22,25)/t11-,12-/m0/s1. The summed E-state index contributed by atoms with van der Waals surface area (Å²) in [5, 5.41) is 2.09. The molecule has 1 aliphatic carbocycles. The number of likely N-dealkylation sites (tertiary alicyclic amines) is 1. The molecule has 8 heteroatoms. The van der Waals surface area contributed by atoms with Gasteiger partial charge < -0.3 is 15.0 Å². The molecule has 1 aliphatic heterocycles. The van der Waals surface area contributed by atoms with Crippen molar-refractivity contribution in [3.8, 4) is 0 Å². The summed E-state index contributed by atoms with van der Waals surface area (Å²) in [6.45, 7) is 1.61. The summed E-state index contributed by atoms with van der Waals surface area (Å²) >= 11 is 0. The number of para-hydroxylation sites is 1. The molecule has 0 aromatic heterocycles. The molecule has 146 valence electrons. The van der Waals surface area contributed by atoms with E-state index in [1.165, 1.54) is 13.0 Å². The number of carbonyl (C=O) groups excluding carboxylic acids is 3. The Labute approximate surface area is 155 Å². The second-order valence-electron chi connectivity index (χ2n) is 7.05. The molecule has 1 heterocycles. The van der Waals surface area contributed by atoms with Gasteiger partial charge in [-0.15, -0.1) is 0 Å². The van der Waals surface area contributed by atoms with Crippen molar-refractivity contribution in [1.82, 2.24) is 4.90 Å². The molecule has 1 saturated heterocycles. The van der Waals surface area contributed by atoms with Gasteiger partial charge >= 0.3 is 5.97 Å². The number of anilines is 1. The van der Waals surface area contributed by atoms with E-state index in [-0.39, 0.29) is 18.4 Å². The zero-order valence-corrected chi connectivity index (χ0v) is 15.0. The highest BCUT2D eigenvalue weighted by molar-refractivity contribution is 5.96. The Balaban J connectivity index is 1.55. The molecule has 3 rings (SSSR count). The van der Waals surface area contributed by atoms with Crippen molar-refractivity contribution in [1.29, 1.82) is 0 Å². The molecule has 2 aliphatic rings. The molecular weight excluding hydrogens is 358 g/mol. The Morgan fingerprint density at radius 2 is 1.85 bits per heavy atom. The van der Waals surface area contributed by atoms with Gasteiger partial charge in [-0.3, -0.25) is 14.4 Å². The fourth-order valence-corrected chi connectivity index (χ4v) is 3.62. The van der Waals surface area contributed by atoms with E-state index in [1.807, 2.05) is 0 Å². The number of esters is 1. The van der Waals surface area contributed by atoms with Crippen LogP contribution in [-0.4, -0.2) is 41.4 Å². The van der Waals surface area contributed by atoms with E-state index in [0.717, 1.165) is 37.8 Å². The van der Waals surface area contributed by atoms with Crippen molar-refractivity contribution in [2.24, 2.45) is 5.92 Å². The molecule has 2 atom stereocenters. The van der Waals surface area contributed by atoms with E-state index in [0.29, 0.717) is 6.54 Å². The van der Waals surface area contributed by atoms with Gasteiger partial charge in [-0.1, -0.05) is 18.9 Å². The molecule has 0 bridgehead atoms. The number of rotatable bonds is 5. The van der Waals surface area contributed by atoms with Gasteiger partial charge in [-0.05, 0) is 31.9 Å². The minimum atomic E-state index is -1.24. The van der Waals surface area contributed by atoms with Gasteiger partial charge in [-0.2, -0.15) is 0 Å². The van der Waals surface area contributed by atoms with Crippen molar-refractivity contribution in [2.45, 2.75) is 51.2 Å². The molecule has 27 heavy (non-hydrogen) atoms. The monoisotopic (exact) mass is 380 g/mol. The highest BCUT2D eigenvalue weighted by Crippen LogP contribution is 2.30. The van der Waals surface area contributed by atoms with Crippen LogP contribution in [0, 0.1) is 17.6 Å². The summed E-state index contributed by atoms with van der Waals surface area (Å²) in [7, 11) is 0. The van der Waals surface area contributed by atoms with Crippen LogP contribution in [0.1, 0.15) is 39.0 Å². The molecule has 1 aromatic rings. The van der Waals surface area contributed by atoms with Gasteiger partial charge in [0.25, 0.3) is 5.91 Å². The number of benzene rings is 1. The van der Waals surface area contributed by atoms with Crippen LogP contribution in [0.25, 0.3) is 0 Å². The molecule has 1 N–H and O–H groups in total. The normalized spacial score (nSPS) is 21.4. The van der Waals surface area contributed by atoms with Gasteiger partial charge in [0.1, 0.15) is 17.3 Å². The van der Waals surface area contributed by atoms with E-state index in [2.05, 4.69) is 5.32 Å². The Morgan fingerprint density at radius 3 is 2.48 bits per heavy atom. The van der Waals surface area contributed by atoms with Crippen LogP contribution in [-0.2, 0) is 19.1 Å². The average molecular weight is 380 g/mol. The zero-order valence-electron chi connectivity index (χ0n) is 15.0. The number of hydrogen-bond acceptors (Lipinski definition) is 4. The lowest BCUT2D eigenvalue weighted by atomic mass is 10.1. The summed E-state index contributed by atoms with van der Waals surface area (Å²) in [6, 6.07) is 3.38. The highest BCUT2D eigenvalue weighted by atomic mass is 19.1. The van der Waals surface area contributed by atoms with Crippen LogP contribution in [0.5, 0.6) is 0 Å². The summed E-state index contributed by atoms with van der Waals surface area (Å²) in [5.41, 5.74) is -0.589. The lowest BCUT2D eigenvalue weighted by Crippen LogP contribution is -2.36. The van der Waals surface area contributed by atoms with Gasteiger partial charge in [0.15, 0.2) is 6.10 Å². The first-order chi connectivity index (χ1) is 12.9. The van der Waals surface area contributed by atoms with Gasteiger partial charge in [0.05, 0.1) is 5.92 Å². The SMILES string of the molecule is C[C@H](OC(=O)[C@H]1CC(=O)N(C2CCCC2)C1)C(=O)Nc1c(F)cccc1F. The fraction of sp³-hybridized carbons (Fsp3) is 0.526. The maximum absolute atomic E-state index is 13.6. The molecule has 6 nitrogen and oxygen atoms in total. The van der Waals surface area contributed by atoms with Crippen LogP contribution < -0.4 is 5.32 Å². The second-order valence-corrected chi connectivity index (χ2v) is 7.05. The van der Waals surface area contributed by atoms with E-state index in [9.17, 15) is 23.2 Å². The molecule has 1 aromatic carbocycles.